The summed E-state index contributed by atoms with van der Waals surface area (Å²) in [6.07, 6.45) is 9.28. The topological polar surface area (TPSA) is 42.9 Å². The standard InChI is InChI=1S/C17H33N5/c1-18-16(20-15-6-7-15)19-14-17(8-12-21(2)13-9-17)22-10-4-3-5-11-22/h15H,3-14H2,1-2H3,(H2,18,19,20). The van der Waals surface area contributed by atoms with Crippen molar-refractivity contribution in [3.05, 3.63) is 0 Å². The molecular weight excluding hydrogens is 274 g/mol. The highest BCUT2D eigenvalue weighted by molar-refractivity contribution is 5.80. The van der Waals surface area contributed by atoms with Gasteiger partial charge in [-0.05, 0) is 71.8 Å². The fourth-order valence-electron chi connectivity index (χ4n) is 3.87. The molecule has 0 bridgehead atoms. The first-order valence-corrected chi connectivity index (χ1v) is 9.13. The molecule has 126 valence electrons. The van der Waals surface area contributed by atoms with Crippen molar-refractivity contribution in [2.75, 3.05) is 46.8 Å². The number of likely N-dealkylation sites (tertiary alicyclic amines) is 2. The lowest BCUT2D eigenvalue weighted by atomic mass is 9.84. The molecule has 0 aromatic carbocycles. The minimum atomic E-state index is 0.327. The Morgan fingerprint density at radius 1 is 1.09 bits per heavy atom. The summed E-state index contributed by atoms with van der Waals surface area (Å²) in [5.41, 5.74) is 0.327. The zero-order chi connectivity index (χ0) is 15.4. The molecule has 1 saturated carbocycles. The Balaban J connectivity index is 1.62. The van der Waals surface area contributed by atoms with Gasteiger partial charge in [-0.15, -0.1) is 0 Å². The lowest BCUT2D eigenvalue weighted by Crippen LogP contribution is -2.62. The van der Waals surface area contributed by atoms with E-state index in [-0.39, 0.29) is 0 Å². The molecule has 0 aromatic rings. The van der Waals surface area contributed by atoms with Crippen LogP contribution in [0.5, 0.6) is 0 Å². The van der Waals surface area contributed by atoms with Crippen LogP contribution in [0.2, 0.25) is 0 Å². The third-order valence-electron chi connectivity index (χ3n) is 5.67. The van der Waals surface area contributed by atoms with Crippen LogP contribution in [-0.4, -0.2) is 74.2 Å². The Kier molecular flexibility index (Phi) is 5.24. The number of piperidine rings is 2. The molecule has 1 aliphatic carbocycles. The number of rotatable bonds is 4. The van der Waals surface area contributed by atoms with E-state index in [4.69, 9.17) is 0 Å². The molecule has 3 aliphatic rings. The van der Waals surface area contributed by atoms with Crippen LogP contribution in [0.4, 0.5) is 0 Å². The molecule has 5 heteroatoms. The summed E-state index contributed by atoms with van der Waals surface area (Å²) in [5, 5.41) is 7.16. The van der Waals surface area contributed by atoms with Gasteiger partial charge in [-0.25, -0.2) is 0 Å². The van der Waals surface area contributed by atoms with Gasteiger partial charge in [0.1, 0.15) is 0 Å². The summed E-state index contributed by atoms with van der Waals surface area (Å²) in [7, 11) is 4.14. The Morgan fingerprint density at radius 3 is 2.36 bits per heavy atom. The van der Waals surface area contributed by atoms with Crippen LogP contribution >= 0.6 is 0 Å². The molecule has 22 heavy (non-hydrogen) atoms. The second-order valence-corrected chi connectivity index (χ2v) is 7.42. The van der Waals surface area contributed by atoms with Gasteiger partial charge in [0.15, 0.2) is 5.96 Å². The first-order valence-electron chi connectivity index (χ1n) is 9.13. The average Bonchev–Trinajstić information content (AvgIpc) is 3.38. The van der Waals surface area contributed by atoms with E-state index in [2.05, 4.69) is 32.5 Å². The van der Waals surface area contributed by atoms with Gasteiger partial charge in [0.05, 0.1) is 0 Å². The van der Waals surface area contributed by atoms with Crippen molar-refractivity contribution < 1.29 is 0 Å². The average molecular weight is 307 g/mol. The molecule has 0 amide bonds. The second-order valence-electron chi connectivity index (χ2n) is 7.42. The van der Waals surface area contributed by atoms with Gasteiger partial charge < -0.3 is 15.5 Å². The van der Waals surface area contributed by atoms with E-state index in [1.165, 1.54) is 71.1 Å². The van der Waals surface area contributed by atoms with E-state index in [0.29, 0.717) is 11.6 Å². The van der Waals surface area contributed by atoms with Crippen LogP contribution < -0.4 is 10.6 Å². The summed E-state index contributed by atoms with van der Waals surface area (Å²) in [6.45, 7) is 6.02. The molecule has 2 heterocycles. The lowest BCUT2D eigenvalue weighted by Gasteiger charge is -2.50. The second kappa shape index (κ2) is 7.18. The number of guanidine groups is 1. The van der Waals surface area contributed by atoms with E-state index < -0.39 is 0 Å². The van der Waals surface area contributed by atoms with E-state index >= 15 is 0 Å². The highest BCUT2D eigenvalue weighted by Crippen LogP contribution is 2.30. The third kappa shape index (κ3) is 3.93. The fourth-order valence-corrected chi connectivity index (χ4v) is 3.87. The van der Waals surface area contributed by atoms with Crippen molar-refractivity contribution in [3.63, 3.8) is 0 Å². The van der Waals surface area contributed by atoms with Gasteiger partial charge >= 0.3 is 0 Å². The lowest BCUT2D eigenvalue weighted by molar-refractivity contribution is 0.0173. The summed E-state index contributed by atoms with van der Waals surface area (Å²) < 4.78 is 0. The van der Waals surface area contributed by atoms with E-state index in [9.17, 15) is 0 Å². The summed E-state index contributed by atoms with van der Waals surface area (Å²) in [5.74, 6) is 0.998. The highest BCUT2D eigenvalue weighted by atomic mass is 15.3. The van der Waals surface area contributed by atoms with Crippen LogP contribution in [0.1, 0.15) is 44.9 Å². The Hall–Kier alpha value is -0.810. The smallest absolute Gasteiger partial charge is 0.191 e. The third-order valence-corrected chi connectivity index (χ3v) is 5.67. The van der Waals surface area contributed by atoms with Gasteiger partial charge in [0.2, 0.25) is 0 Å². The first-order chi connectivity index (χ1) is 10.7. The van der Waals surface area contributed by atoms with Crippen molar-refractivity contribution in [3.8, 4) is 0 Å². The van der Waals surface area contributed by atoms with Crippen molar-refractivity contribution >= 4 is 5.96 Å². The van der Waals surface area contributed by atoms with Crippen molar-refractivity contribution in [2.45, 2.75) is 56.5 Å². The highest BCUT2D eigenvalue weighted by Gasteiger charge is 2.39. The van der Waals surface area contributed by atoms with E-state index in [1.807, 2.05) is 7.05 Å². The Bertz CT molecular complexity index is 377. The maximum atomic E-state index is 4.41. The maximum Gasteiger partial charge on any atom is 0.191 e. The molecule has 0 radical (unpaired) electrons. The zero-order valence-corrected chi connectivity index (χ0v) is 14.4. The maximum absolute atomic E-state index is 4.41. The first kappa shape index (κ1) is 16.1. The van der Waals surface area contributed by atoms with Crippen LogP contribution in [0.25, 0.3) is 0 Å². The number of aliphatic imine (C=N–C) groups is 1. The normalized spacial score (nSPS) is 27.6. The molecule has 2 saturated heterocycles. The summed E-state index contributed by atoms with van der Waals surface area (Å²) in [6, 6.07) is 0.662. The molecule has 0 atom stereocenters. The van der Waals surface area contributed by atoms with Crippen LogP contribution in [0, 0.1) is 0 Å². The van der Waals surface area contributed by atoms with Gasteiger partial charge in [-0.1, -0.05) is 6.42 Å². The molecular formula is C17H33N5. The summed E-state index contributed by atoms with van der Waals surface area (Å²) >= 11 is 0. The molecule has 0 unspecified atom stereocenters. The molecule has 0 spiro atoms. The van der Waals surface area contributed by atoms with Gasteiger partial charge in [-0.2, -0.15) is 0 Å². The number of hydrogen-bond donors (Lipinski definition) is 2. The number of hydrogen-bond acceptors (Lipinski definition) is 3. The van der Waals surface area contributed by atoms with Crippen molar-refractivity contribution in [1.82, 2.24) is 20.4 Å². The number of nitrogens with zero attached hydrogens (tertiary/aromatic N) is 3. The summed E-state index contributed by atoms with van der Waals surface area (Å²) in [4.78, 5) is 9.66. The van der Waals surface area contributed by atoms with Crippen LogP contribution in [0.3, 0.4) is 0 Å². The minimum absolute atomic E-state index is 0.327. The zero-order valence-electron chi connectivity index (χ0n) is 14.4. The SMILES string of the molecule is CN=C(NCC1(N2CCCCC2)CCN(C)CC1)NC1CC1. The van der Waals surface area contributed by atoms with Gasteiger partial charge in [0.25, 0.3) is 0 Å². The van der Waals surface area contributed by atoms with Crippen LogP contribution in [0.15, 0.2) is 4.99 Å². The predicted molar refractivity (Wildman–Crippen MR) is 92.4 cm³/mol. The largest absolute Gasteiger partial charge is 0.355 e. The number of nitrogens with one attached hydrogen (secondary N) is 2. The van der Waals surface area contributed by atoms with Crippen molar-refractivity contribution in [2.24, 2.45) is 4.99 Å². The van der Waals surface area contributed by atoms with Gasteiger partial charge in [0, 0.05) is 25.2 Å². The molecule has 3 rings (SSSR count). The minimum Gasteiger partial charge on any atom is -0.355 e. The van der Waals surface area contributed by atoms with E-state index in [0.717, 1.165) is 12.5 Å². The monoisotopic (exact) mass is 307 g/mol. The molecule has 3 fully saturated rings. The van der Waals surface area contributed by atoms with Crippen molar-refractivity contribution in [1.29, 1.82) is 0 Å². The molecule has 5 nitrogen and oxygen atoms in total. The Morgan fingerprint density at radius 2 is 1.77 bits per heavy atom. The molecule has 2 N–H and O–H groups in total. The van der Waals surface area contributed by atoms with E-state index in [1.54, 1.807) is 0 Å². The molecule has 2 aliphatic heterocycles. The van der Waals surface area contributed by atoms with Gasteiger partial charge in [-0.3, -0.25) is 9.89 Å². The fraction of sp³-hybridized carbons (Fsp3) is 0.941. The van der Waals surface area contributed by atoms with Crippen LogP contribution in [-0.2, 0) is 0 Å². The predicted octanol–water partition coefficient (Wildman–Crippen LogP) is 1.26. The molecule has 0 aromatic heterocycles. The Labute approximate surface area is 135 Å². The quantitative estimate of drug-likeness (QED) is 0.606.